The van der Waals surface area contributed by atoms with Crippen LogP contribution in [0.25, 0.3) is 0 Å². The number of nitrogens with one attached hydrogen (secondary N) is 1. The van der Waals surface area contributed by atoms with E-state index < -0.39 is 0 Å². The molecule has 17 heavy (non-hydrogen) atoms. The first-order valence-electron chi connectivity index (χ1n) is 6.08. The summed E-state index contributed by atoms with van der Waals surface area (Å²) in [6.07, 6.45) is 3.88. The minimum Gasteiger partial charge on any atom is -0.329 e. The second kappa shape index (κ2) is 5.80. The molecule has 0 amide bonds. The Bertz CT molecular complexity index is 359. The first-order valence-corrected chi connectivity index (χ1v) is 6.46. The highest BCUT2D eigenvalue weighted by molar-refractivity contribution is 6.30. The van der Waals surface area contributed by atoms with Crippen LogP contribution in [0, 0.1) is 11.7 Å². The monoisotopic (exact) mass is 256 g/mol. The van der Waals surface area contributed by atoms with Crippen LogP contribution >= 0.6 is 11.6 Å². The van der Waals surface area contributed by atoms with Gasteiger partial charge in [-0.1, -0.05) is 24.4 Å². The fourth-order valence-corrected chi connectivity index (χ4v) is 2.21. The molecule has 0 heterocycles. The predicted octanol–water partition coefficient (Wildman–Crippen LogP) is 2.87. The maximum absolute atomic E-state index is 13.2. The van der Waals surface area contributed by atoms with Gasteiger partial charge in [0.15, 0.2) is 0 Å². The van der Waals surface area contributed by atoms with Crippen LogP contribution in [-0.2, 0) is 0 Å². The quantitative estimate of drug-likeness (QED) is 0.821. The van der Waals surface area contributed by atoms with Crippen molar-refractivity contribution in [3.05, 3.63) is 34.6 Å². The highest BCUT2D eigenvalue weighted by Gasteiger charge is 2.21. The number of nitrogens with two attached hydrogens (primary N) is 1. The number of benzene rings is 1. The Morgan fingerprint density at radius 3 is 2.76 bits per heavy atom. The summed E-state index contributed by atoms with van der Waals surface area (Å²) in [4.78, 5) is 0. The zero-order chi connectivity index (χ0) is 12.3. The summed E-state index contributed by atoms with van der Waals surface area (Å²) in [6, 6.07) is 4.56. The molecule has 1 aliphatic rings. The van der Waals surface area contributed by atoms with Gasteiger partial charge in [0.25, 0.3) is 0 Å². The molecule has 0 aromatic heterocycles. The summed E-state index contributed by atoms with van der Waals surface area (Å²) in [5.41, 5.74) is 6.54. The van der Waals surface area contributed by atoms with E-state index in [0.717, 1.165) is 18.0 Å². The smallest absolute Gasteiger partial charge is 0.125 e. The van der Waals surface area contributed by atoms with Crippen molar-refractivity contribution in [2.24, 2.45) is 11.7 Å². The third-order valence-corrected chi connectivity index (χ3v) is 3.38. The molecule has 0 radical (unpaired) electrons. The van der Waals surface area contributed by atoms with Gasteiger partial charge in [0.1, 0.15) is 5.82 Å². The third kappa shape index (κ3) is 3.95. The van der Waals surface area contributed by atoms with E-state index in [1.165, 1.54) is 31.4 Å². The van der Waals surface area contributed by atoms with E-state index in [2.05, 4.69) is 5.32 Å². The molecule has 0 spiro atoms. The fraction of sp³-hybridized carbons (Fsp3) is 0.538. The Kier molecular flexibility index (Phi) is 4.37. The van der Waals surface area contributed by atoms with Crippen molar-refractivity contribution in [1.29, 1.82) is 0 Å². The lowest BCUT2D eigenvalue weighted by molar-refractivity contribution is 0.512. The van der Waals surface area contributed by atoms with Gasteiger partial charge in [-0.3, -0.25) is 0 Å². The second-order valence-corrected chi connectivity index (χ2v) is 5.11. The summed E-state index contributed by atoms with van der Waals surface area (Å²) < 4.78 is 13.2. The molecular weight excluding hydrogens is 239 g/mol. The zero-order valence-corrected chi connectivity index (χ0v) is 10.5. The largest absolute Gasteiger partial charge is 0.329 e. The predicted molar refractivity (Wildman–Crippen MR) is 68.5 cm³/mol. The molecule has 1 aromatic rings. The Balaban J connectivity index is 1.94. The van der Waals surface area contributed by atoms with Crippen LogP contribution in [0.5, 0.6) is 0 Å². The molecule has 1 unspecified atom stereocenters. The number of rotatable bonds is 6. The Morgan fingerprint density at radius 1 is 1.41 bits per heavy atom. The van der Waals surface area contributed by atoms with Gasteiger partial charge >= 0.3 is 0 Å². The summed E-state index contributed by atoms with van der Waals surface area (Å²) in [6.45, 7) is 1.38. The highest BCUT2D eigenvalue weighted by Crippen LogP contribution is 2.32. The molecule has 2 rings (SSSR count). The minimum atomic E-state index is -0.310. The minimum absolute atomic E-state index is 0.0121. The first-order chi connectivity index (χ1) is 8.19. The molecule has 0 bridgehead atoms. The van der Waals surface area contributed by atoms with Crippen LogP contribution in [0.15, 0.2) is 18.2 Å². The topological polar surface area (TPSA) is 38.0 Å². The summed E-state index contributed by atoms with van der Waals surface area (Å²) in [5, 5.41) is 3.78. The van der Waals surface area contributed by atoms with Crippen LogP contribution < -0.4 is 11.1 Å². The molecule has 0 aliphatic heterocycles. The molecule has 1 atom stereocenters. The maximum Gasteiger partial charge on any atom is 0.125 e. The number of hydrogen-bond donors (Lipinski definition) is 2. The van der Waals surface area contributed by atoms with Gasteiger partial charge in [0.2, 0.25) is 0 Å². The average molecular weight is 257 g/mol. The Labute approximate surface area is 106 Å². The molecule has 4 heteroatoms. The van der Waals surface area contributed by atoms with Gasteiger partial charge in [-0.05, 0) is 42.6 Å². The molecule has 1 aliphatic carbocycles. The standard InChI is InChI=1S/C13H18ClFN2/c14-11-5-10(6-12(15)7-11)13(8-16)17-4-3-9-1-2-9/h5-7,9,13,17H,1-4,8,16H2. The van der Waals surface area contributed by atoms with Crippen LogP contribution in [0.2, 0.25) is 5.02 Å². The Hall–Kier alpha value is -0.640. The van der Waals surface area contributed by atoms with Gasteiger partial charge in [-0.15, -0.1) is 0 Å². The highest BCUT2D eigenvalue weighted by atomic mass is 35.5. The SMILES string of the molecule is NCC(NCCC1CC1)c1cc(F)cc(Cl)c1. The summed E-state index contributed by atoms with van der Waals surface area (Å²) in [7, 11) is 0. The third-order valence-electron chi connectivity index (χ3n) is 3.16. The second-order valence-electron chi connectivity index (χ2n) is 4.68. The molecule has 2 nitrogen and oxygen atoms in total. The van der Waals surface area contributed by atoms with E-state index in [0.29, 0.717) is 11.6 Å². The van der Waals surface area contributed by atoms with Gasteiger partial charge in [0, 0.05) is 17.6 Å². The molecule has 1 aromatic carbocycles. The van der Waals surface area contributed by atoms with E-state index in [9.17, 15) is 4.39 Å². The van der Waals surface area contributed by atoms with Crippen molar-refractivity contribution in [1.82, 2.24) is 5.32 Å². The van der Waals surface area contributed by atoms with Crippen LogP contribution in [0.4, 0.5) is 4.39 Å². The summed E-state index contributed by atoms with van der Waals surface area (Å²) >= 11 is 5.84. The van der Waals surface area contributed by atoms with Crippen molar-refractivity contribution in [3.63, 3.8) is 0 Å². The molecule has 1 fully saturated rings. The van der Waals surface area contributed by atoms with Gasteiger partial charge < -0.3 is 11.1 Å². The lowest BCUT2D eigenvalue weighted by Crippen LogP contribution is -2.29. The fourth-order valence-electron chi connectivity index (χ4n) is 1.98. The number of halogens is 2. The van der Waals surface area contributed by atoms with E-state index in [4.69, 9.17) is 17.3 Å². The normalized spacial score (nSPS) is 17.1. The molecular formula is C13H18ClFN2. The van der Waals surface area contributed by atoms with E-state index >= 15 is 0 Å². The van der Waals surface area contributed by atoms with Crippen molar-refractivity contribution >= 4 is 11.6 Å². The van der Waals surface area contributed by atoms with E-state index in [-0.39, 0.29) is 11.9 Å². The van der Waals surface area contributed by atoms with Gasteiger partial charge in [-0.25, -0.2) is 4.39 Å². The molecule has 3 N–H and O–H groups in total. The first kappa shape index (κ1) is 12.8. The van der Waals surface area contributed by atoms with Gasteiger partial charge in [-0.2, -0.15) is 0 Å². The van der Waals surface area contributed by atoms with Crippen LogP contribution in [-0.4, -0.2) is 13.1 Å². The van der Waals surface area contributed by atoms with Crippen molar-refractivity contribution in [3.8, 4) is 0 Å². The van der Waals surface area contributed by atoms with Crippen molar-refractivity contribution < 1.29 is 4.39 Å². The lowest BCUT2D eigenvalue weighted by Gasteiger charge is -2.17. The van der Waals surface area contributed by atoms with Crippen LogP contribution in [0.3, 0.4) is 0 Å². The van der Waals surface area contributed by atoms with E-state index in [1.54, 1.807) is 6.07 Å². The average Bonchev–Trinajstić information content (AvgIpc) is 3.06. The van der Waals surface area contributed by atoms with E-state index in [1.807, 2.05) is 0 Å². The molecule has 94 valence electrons. The number of hydrogen-bond acceptors (Lipinski definition) is 2. The van der Waals surface area contributed by atoms with Gasteiger partial charge in [0.05, 0.1) is 0 Å². The summed E-state index contributed by atoms with van der Waals surface area (Å²) in [5.74, 6) is 0.576. The molecule has 0 saturated heterocycles. The Morgan fingerprint density at radius 2 is 2.18 bits per heavy atom. The molecule has 1 saturated carbocycles. The van der Waals surface area contributed by atoms with Crippen molar-refractivity contribution in [2.45, 2.75) is 25.3 Å². The maximum atomic E-state index is 13.2. The lowest BCUT2D eigenvalue weighted by atomic mass is 10.1. The van der Waals surface area contributed by atoms with Crippen LogP contribution in [0.1, 0.15) is 30.9 Å². The zero-order valence-electron chi connectivity index (χ0n) is 9.76. The van der Waals surface area contributed by atoms with Crippen molar-refractivity contribution in [2.75, 3.05) is 13.1 Å².